The lowest BCUT2D eigenvalue weighted by atomic mass is 9.83. The molecule has 0 aromatic rings. The molecule has 0 heterocycles. The molecule has 0 aromatic heterocycles. The minimum atomic E-state index is 0.388. The van der Waals surface area contributed by atoms with Gasteiger partial charge in [-0.25, -0.2) is 0 Å². The van der Waals surface area contributed by atoms with E-state index in [1.54, 1.807) is 11.1 Å². The summed E-state index contributed by atoms with van der Waals surface area (Å²) in [7, 11) is 0. The van der Waals surface area contributed by atoms with Crippen LogP contribution in [0.5, 0.6) is 0 Å². The zero-order valence-electron chi connectivity index (χ0n) is 9.52. The summed E-state index contributed by atoms with van der Waals surface area (Å²) < 4.78 is 0.708. The highest BCUT2D eigenvalue weighted by Crippen LogP contribution is 2.57. The van der Waals surface area contributed by atoms with Crippen molar-refractivity contribution in [2.45, 2.75) is 44.5 Å². The molecule has 0 nitrogen and oxygen atoms in total. The van der Waals surface area contributed by atoms with Crippen molar-refractivity contribution in [1.29, 1.82) is 0 Å². The van der Waals surface area contributed by atoms with Crippen molar-refractivity contribution < 1.29 is 0 Å². The predicted octanol–water partition coefficient (Wildman–Crippen LogP) is 4.50. The molecule has 0 spiro atoms. The van der Waals surface area contributed by atoms with E-state index >= 15 is 0 Å². The lowest BCUT2D eigenvalue weighted by Crippen LogP contribution is -2.11. The zero-order valence-corrected chi connectivity index (χ0v) is 11.7. The SMILES string of the molecule is CC1(C)CC(C)(C)C2=CC(I)CC=C21. The van der Waals surface area contributed by atoms with Crippen LogP contribution in [-0.4, -0.2) is 3.92 Å². The molecular weight excluding hydrogens is 283 g/mol. The van der Waals surface area contributed by atoms with E-state index < -0.39 is 0 Å². The smallest absolute Gasteiger partial charge is 0.0330 e. The maximum absolute atomic E-state index is 2.54. The standard InChI is InChI=1S/C13H19I/c1-12(2)8-13(3,4)11-7-9(14)5-6-10(11)12/h6-7,9H,5,8H2,1-4H3. The molecule has 1 fully saturated rings. The molecule has 1 saturated carbocycles. The molecule has 0 aromatic carbocycles. The predicted molar refractivity (Wildman–Crippen MR) is 70.8 cm³/mol. The summed E-state index contributed by atoms with van der Waals surface area (Å²) in [5.41, 5.74) is 4.02. The van der Waals surface area contributed by atoms with Crippen molar-refractivity contribution in [3.63, 3.8) is 0 Å². The van der Waals surface area contributed by atoms with Gasteiger partial charge in [-0.15, -0.1) is 0 Å². The van der Waals surface area contributed by atoms with Crippen LogP contribution in [0.25, 0.3) is 0 Å². The number of hydrogen-bond donors (Lipinski definition) is 0. The molecule has 78 valence electrons. The molecule has 0 amide bonds. The lowest BCUT2D eigenvalue weighted by molar-refractivity contribution is 0.338. The van der Waals surface area contributed by atoms with E-state index in [1.807, 2.05) is 0 Å². The van der Waals surface area contributed by atoms with Crippen molar-refractivity contribution in [3.05, 3.63) is 23.3 Å². The van der Waals surface area contributed by atoms with E-state index in [4.69, 9.17) is 0 Å². The first-order valence-corrected chi connectivity index (χ1v) is 6.65. The third-order valence-electron chi connectivity index (χ3n) is 3.53. The fraction of sp³-hybridized carbons (Fsp3) is 0.692. The molecule has 1 unspecified atom stereocenters. The first-order valence-electron chi connectivity index (χ1n) is 5.40. The monoisotopic (exact) mass is 302 g/mol. The van der Waals surface area contributed by atoms with Crippen LogP contribution >= 0.6 is 22.6 Å². The number of rotatable bonds is 0. The van der Waals surface area contributed by atoms with E-state index in [0.717, 1.165) is 0 Å². The Labute approximate surface area is 101 Å². The summed E-state index contributed by atoms with van der Waals surface area (Å²) in [5, 5.41) is 0. The summed E-state index contributed by atoms with van der Waals surface area (Å²) in [6.45, 7) is 9.54. The van der Waals surface area contributed by atoms with Crippen molar-refractivity contribution >= 4 is 22.6 Å². The molecule has 0 radical (unpaired) electrons. The molecule has 0 bridgehead atoms. The maximum atomic E-state index is 2.54. The van der Waals surface area contributed by atoms with Crippen molar-refractivity contribution in [2.24, 2.45) is 10.8 Å². The average Bonchev–Trinajstić information content (AvgIpc) is 2.17. The first-order chi connectivity index (χ1) is 6.33. The Balaban J connectivity index is 2.48. The van der Waals surface area contributed by atoms with E-state index in [-0.39, 0.29) is 0 Å². The fourth-order valence-electron chi connectivity index (χ4n) is 3.21. The second kappa shape index (κ2) is 3.10. The number of alkyl halides is 1. The quantitative estimate of drug-likeness (QED) is 0.456. The minimum Gasteiger partial charge on any atom is -0.0791 e. The van der Waals surface area contributed by atoms with Crippen LogP contribution < -0.4 is 0 Å². The maximum Gasteiger partial charge on any atom is 0.0330 e. The van der Waals surface area contributed by atoms with Gasteiger partial charge in [0.15, 0.2) is 0 Å². The second-order valence-electron chi connectivity index (χ2n) is 5.89. The summed E-state index contributed by atoms with van der Waals surface area (Å²) in [6.07, 6.45) is 7.48. The first kappa shape index (κ1) is 10.7. The summed E-state index contributed by atoms with van der Waals surface area (Å²) in [5.74, 6) is 0. The lowest BCUT2D eigenvalue weighted by Gasteiger charge is -2.24. The summed E-state index contributed by atoms with van der Waals surface area (Å²) >= 11 is 2.54. The van der Waals surface area contributed by atoms with E-state index in [2.05, 4.69) is 62.4 Å². The number of allylic oxidation sites excluding steroid dienone is 4. The van der Waals surface area contributed by atoms with Gasteiger partial charge in [0.1, 0.15) is 0 Å². The molecule has 2 aliphatic rings. The third-order valence-corrected chi connectivity index (χ3v) is 4.40. The molecule has 1 heteroatoms. The zero-order chi connectivity index (χ0) is 10.6. The van der Waals surface area contributed by atoms with Crippen LogP contribution in [-0.2, 0) is 0 Å². The Morgan fingerprint density at radius 1 is 1.14 bits per heavy atom. The van der Waals surface area contributed by atoms with Gasteiger partial charge in [0.05, 0.1) is 0 Å². The van der Waals surface area contributed by atoms with Crippen molar-refractivity contribution in [1.82, 2.24) is 0 Å². The van der Waals surface area contributed by atoms with E-state index in [1.165, 1.54) is 12.8 Å². The van der Waals surface area contributed by atoms with Gasteiger partial charge >= 0.3 is 0 Å². The van der Waals surface area contributed by atoms with Gasteiger partial charge in [0.25, 0.3) is 0 Å². The number of halogens is 1. The van der Waals surface area contributed by atoms with Gasteiger partial charge in [-0.1, -0.05) is 62.4 Å². The topological polar surface area (TPSA) is 0 Å². The fourth-order valence-corrected chi connectivity index (χ4v) is 3.82. The van der Waals surface area contributed by atoms with Crippen molar-refractivity contribution in [2.75, 3.05) is 0 Å². The number of fused-ring (bicyclic) bond motifs is 1. The van der Waals surface area contributed by atoms with Crippen LogP contribution in [0.3, 0.4) is 0 Å². The van der Waals surface area contributed by atoms with Crippen LogP contribution in [0.2, 0.25) is 0 Å². The Morgan fingerprint density at radius 3 is 2.36 bits per heavy atom. The molecule has 2 rings (SSSR count). The Morgan fingerprint density at radius 2 is 1.71 bits per heavy atom. The third kappa shape index (κ3) is 1.58. The molecule has 0 aliphatic heterocycles. The molecule has 1 atom stereocenters. The van der Waals surface area contributed by atoms with Gasteiger partial charge in [-0.2, -0.15) is 0 Å². The van der Waals surface area contributed by atoms with E-state index in [0.29, 0.717) is 14.8 Å². The summed E-state index contributed by atoms with van der Waals surface area (Å²) in [6, 6.07) is 0. The highest BCUT2D eigenvalue weighted by atomic mass is 127. The Bertz CT molecular complexity index is 318. The molecule has 2 aliphatic carbocycles. The van der Waals surface area contributed by atoms with E-state index in [9.17, 15) is 0 Å². The molecule has 0 saturated heterocycles. The van der Waals surface area contributed by atoms with Crippen molar-refractivity contribution in [3.8, 4) is 0 Å². The minimum absolute atomic E-state index is 0.388. The highest BCUT2D eigenvalue weighted by molar-refractivity contribution is 14.1. The second-order valence-corrected chi connectivity index (χ2v) is 7.49. The van der Waals surface area contributed by atoms with Crippen LogP contribution in [0.4, 0.5) is 0 Å². The van der Waals surface area contributed by atoms with Gasteiger partial charge in [-0.3, -0.25) is 0 Å². The van der Waals surface area contributed by atoms with Crippen LogP contribution in [0, 0.1) is 10.8 Å². The van der Waals surface area contributed by atoms with Crippen LogP contribution in [0.15, 0.2) is 23.3 Å². The van der Waals surface area contributed by atoms with Gasteiger partial charge in [-0.05, 0) is 34.8 Å². The Kier molecular flexibility index (Phi) is 2.37. The van der Waals surface area contributed by atoms with Gasteiger partial charge < -0.3 is 0 Å². The largest absolute Gasteiger partial charge is 0.0791 e. The highest BCUT2D eigenvalue weighted by Gasteiger charge is 2.45. The Hall–Kier alpha value is 0.210. The number of hydrogen-bond acceptors (Lipinski definition) is 0. The summed E-state index contributed by atoms with van der Waals surface area (Å²) in [4.78, 5) is 0. The average molecular weight is 302 g/mol. The van der Waals surface area contributed by atoms with Crippen LogP contribution in [0.1, 0.15) is 40.5 Å². The molecular formula is C13H19I. The molecule has 0 N–H and O–H groups in total. The van der Waals surface area contributed by atoms with Gasteiger partial charge in [0, 0.05) is 3.92 Å². The van der Waals surface area contributed by atoms with Gasteiger partial charge in [0.2, 0.25) is 0 Å². The molecule has 14 heavy (non-hydrogen) atoms. The normalized spacial score (nSPS) is 33.4.